The zero-order chi connectivity index (χ0) is 21.1. The Kier molecular flexibility index (Phi) is 5.72. The average Bonchev–Trinajstić information content (AvgIpc) is 3.43. The lowest BCUT2D eigenvalue weighted by Crippen LogP contribution is -2.17. The fourth-order valence-corrected chi connectivity index (χ4v) is 4.16. The summed E-state index contributed by atoms with van der Waals surface area (Å²) >= 11 is 2.70. The quantitative estimate of drug-likeness (QED) is 0.423. The number of nitrogens with one attached hydrogen (secondary N) is 2. The number of ether oxygens (including phenoxy) is 2. The lowest BCUT2D eigenvalue weighted by molar-refractivity contribution is -0.113. The molecule has 0 fully saturated rings. The number of aromatic nitrogens is 4. The number of rotatable bonds is 7. The van der Waals surface area contributed by atoms with Gasteiger partial charge in [0.2, 0.25) is 11.1 Å². The van der Waals surface area contributed by atoms with Gasteiger partial charge in [0.15, 0.2) is 11.5 Å². The highest BCUT2D eigenvalue weighted by atomic mass is 32.2. The van der Waals surface area contributed by atoms with Crippen LogP contribution in [-0.2, 0) is 4.79 Å². The molecule has 30 heavy (non-hydrogen) atoms. The van der Waals surface area contributed by atoms with Crippen LogP contribution in [-0.4, -0.2) is 45.7 Å². The number of hydrogen-bond donors (Lipinski definition) is 2. The molecule has 2 N–H and O–H groups in total. The first kappa shape index (κ1) is 20.0. The number of H-pyrrole nitrogens is 1. The van der Waals surface area contributed by atoms with Crippen molar-refractivity contribution in [2.75, 3.05) is 25.3 Å². The Bertz CT molecular complexity index is 1250. The summed E-state index contributed by atoms with van der Waals surface area (Å²) in [4.78, 5) is 25.5. The monoisotopic (exact) mass is 443 g/mol. The number of fused-ring (bicyclic) bond motifs is 1. The van der Waals surface area contributed by atoms with E-state index in [1.807, 2.05) is 17.5 Å². The molecule has 4 rings (SSSR count). The van der Waals surface area contributed by atoms with Gasteiger partial charge in [-0.15, -0.1) is 16.4 Å². The fraction of sp³-hybridized carbons (Fsp3) is 0.158. The summed E-state index contributed by atoms with van der Waals surface area (Å²) in [5.41, 5.74) is 1.29. The number of carbonyl (C=O) groups is 1. The molecule has 0 bridgehead atoms. The molecule has 0 saturated carbocycles. The highest BCUT2D eigenvalue weighted by Gasteiger charge is 2.14. The number of methoxy groups -OCH3 is 2. The average molecular weight is 444 g/mol. The van der Waals surface area contributed by atoms with E-state index in [9.17, 15) is 9.59 Å². The summed E-state index contributed by atoms with van der Waals surface area (Å²) in [6.07, 6.45) is 0. The molecule has 0 aliphatic heterocycles. The van der Waals surface area contributed by atoms with Gasteiger partial charge in [-0.25, -0.2) is 9.61 Å². The number of aromatic amines is 1. The molecule has 0 aliphatic carbocycles. The van der Waals surface area contributed by atoms with Gasteiger partial charge in [-0.2, -0.15) is 5.10 Å². The molecule has 0 spiro atoms. The minimum absolute atomic E-state index is 0.0800. The Labute approximate surface area is 179 Å². The van der Waals surface area contributed by atoms with Crippen molar-refractivity contribution in [3.8, 4) is 22.1 Å². The van der Waals surface area contributed by atoms with Crippen LogP contribution in [0.15, 0.2) is 51.7 Å². The number of carbonyl (C=O) groups excluding carboxylic acids is 1. The van der Waals surface area contributed by atoms with E-state index in [4.69, 9.17) is 9.47 Å². The maximum absolute atomic E-state index is 12.4. The summed E-state index contributed by atoms with van der Waals surface area (Å²) in [6, 6.07) is 10.7. The number of nitrogens with zero attached hydrogens (tertiary/aromatic N) is 3. The Morgan fingerprint density at radius 3 is 2.80 bits per heavy atom. The Morgan fingerprint density at radius 2 is 2.07 bits per heavy atom. The number of hydrogen-bond acceptors (Lipinski definition) is 8. The minimum atomic E-state index is -0.343. The molecule has 1 aromatic carbocycles. The molecule has 3 aromatic heterocycles. The predicted molar refractivity (Wildman–Crippen MR) is 116 cm³/mol. The van der Waals surface area contributed by atoms with E-state index < -0.39 is 0 Å². The van der Waals surface area contributed by atoms with Crippen LogP contribution in [0.5, 0.6) is 11.5 Å². The van der Waals surface area contributed by atoms with Crippen molar-refractivity contribution < 1.29 is 14.3 Å². The number of anilines is 1. The van der Waals surface area contributed by atoms with Crippen molar-refractivity contribution >= 4 is 40.2 Å². The molecule has 0 aliphatic rings. The van der Waals surface area contributed by atoms with E-state index >= 15 is 0 Å². The van der Waals surface area contributed by atoms with Gasteiger partial charge in [-0.1, -0.05) is 17.8 Å². The topological polar surface area (TPSA) is 111 Å². The molecule has 0 unspecified atom stereocenters. The first-order valence-electron chi connectivity index (χ1n) is 8.76. The van der Waals surface area contributed by atoms with Crippen molar-refractivity contribution in [1.82, 2.24) is 19.8 Å². The van der Waals surface area contributed by atoms with Crippen LogP contribution in [0, 0.1) is 0 Å². The molecule has 9 nitrogen and oxygen atoms in total. The molecule has 1 amide bonds. The van der Waals surface area contributed by atoms with Crippen LogP contribution < -0.4 is 20.3 Å². The third kappa shape index (κ3) is 4.02. The first-order chi connectivity index (χ1) is 14.6. The standard InChI is InChI=1S/C19H17N5O4S2/c1-27-14-6-5-11(8-15(14)28-2)20-17(25)10-30-19-22-21-18(26)13-9-12(23-24(13)19)16-4-3-7-29-16/h3-9H,10H2,1-2H3,(H,20,25)(H,21,26). The van der Waals surface area contributed by atoms with Gasteiger partial charge in [0, 0.05) is 11.8 Å². The van der Waals surface area contributed by atoms with Crippen molar-refractivity contribution in [1.29, 1.82) is 0 Å². The Balaban J connectivity index is 1.50. The van der Waals surface area contributed by atoms with Gasteiger partial charge in [-0.3, -0.25) is 9.59 Å². The van der Waals surface area contributed by atoms with E-state index in [0.29, 0.717) is 33.6 Å². The smallest absolute Gasteiger partial charge is 0.290 e. The number of thioether (sulfide) groups is 1. The second-order valence-electron chi connectivity index (χ2n) is 6.05. The zero-order valence-corrected chi connectivity index (χ0v) is 17.7. The van der Waals surface area contributed by atoms with Gasteiger partial charge < -0.3 is 14.8 Å². The van der Waals surface area contributed by atoms with Crippen molar-refractivity contribution in [3.05, 3.63) is 52.1 Å². The van der Waals surface area contributed by atoms with Crippen molar-refractivity contribution in [3.63, 3.8) is 0 Å². The summed E-state index contributed by atoms with van der Waals surface area (Å²) in [7, 11) is 3.07. The molecule has 3 heterocycles. The van der Waals surface area contributed by atoms with Gasteiger partial charge in [0.1, 0.15) is 11.2 Å². The van der Waals surface area contributed by atoms with Crippen LogP contribution in [0.1, 0.15) is 0 Å². The largest absolute Gasteiger partial charge is 0.493 e. The molecule has 154 valence electrons. The number of benzene rings is 1. The Morgan fingerprint density at radius 1 is 1.23 bits per heavy atom. The minimum Gasteiger partial charge on any atom is -0.493 e. The highest BCUT2D eigenvalue weighted by Crippen LogP contribution is 2.30. The molecular weight excluding hydrogens is 426 g/mol. The highest BCUT2D eigenvalue weighted by molar-refractivity contribution is 7.99. The van der Waals surface area contributed by atoms with Crippen LogP contribution in [0.3, 0.4) is 0 Å². The Hall–Kier alpha value is -3.31. The third-order valence-corrected chi connectivity index (χ3v) is 5.97. The number of thiophene rings is 1. The molecule has 0 radical (unpaired) electrons. The SMILES string of the molecule is COc1ccc(NC(=O)CSc2n[nH]c(=O)c3cc(-c4cccs4)nn23)cc1OC. The van der Waals surface area contributed by atoms with Crippen LogP contribution in [0.25, 0.3) is 16.1 Å². The van der Waals surface area contributed by atoms with Crippen LogP contribution in [0.2, 0.25) is 0 Å². The third-order valence-electron chi connectivity index (χ3n) is 4.15. The summed E-state index contributed by atoms with van der Waals surface area (Å²) < 4.78 is 11.9. The lowest BCUT2D eigenvalue weighted by Gasteiger charge is -2.10. The zero-order valence-electron chi connectivity index (χ0n) is 16.0. The van der Waals surface area contributed by atoms with Gasteiger partial charge >= 0.3 is 0 Å². The van der Waals surface area contributed by atoms with E-state index in [1.165, 1.54) is 34.7 Å². The van der Waals surface area contributed by atoms with Gasteiger partial charge in [0.25, 0.3) is 5.56 Å². The summed E-state index contributed by atoms with van der Waals surface area (Å²) in [5, 5.41) is 16.1. The maximum Gasteiger partial charge on any atom is 0.290 e. The summed E-state index contributed by atoms with van der Waals surface area (Å²) in [5.74, 6) is 0.935. The predicted octanol–water partition coefficient (Wildman–Crippen LogP) is 2.89. The van der Waals surface area contributed by atoms with Crippen LogP contribution >= 0.6 is 23.1 Å². The first-order valence-corrected chi connectivity index (χ1v) is 10.6. The normalized spacial score (nSPS) is 10.9. The van der Waals surface area contributed by atoms with E-state index in [0.717, 1.165) is 4.88 Å². The van der Waals surface area contributed by atoms with E-state index in [1.54, 1.807) is 31.4 Å². The lowest BCUT2D eigenvalue weighted by atomic mass is 10.2. The molecule has 0 saturated heterocycles. The van der Waals surface area contributed by atoms with E-state index in [2.05, 4.69) is 20.6 Å². The van der Waals surface area contributed by atoms with E-state index in [-0.39, 0.29) is 17.2 Å². The molecular formula is C19H17N5O4S2. The number of amides is 1. The van der Waals surface area contributed by atoms with Crippen LogP contribution in [0.4, 0.5) is 5.69 Å². The molecule has 0 atom stereocenters. The molecule has 11 heteroatoms. The van der Waals surface area contributed by atoms with Gasteiger partial charge in [0.05, 0.1) is 24.8 Å². The van der Waals surface area contributed by atoms with Crippen molar-refractivity contribution in [2.45, 2.75) is 5.16 Å². The second-order valence-corrected chi connectivity index (χ2v) is 7.94. The fourth-order valence-electron chi connectivity index (χ4n) is 2.77. The summed E-state index contributed by atoms with van der Waals surface area (Å²) in [6.45, 7) is 0. The maximum atomic E-state index is 12.4. The van der Waals surface area contributed by atoms with Gasteiger partial charge in [-0.05, 0) is 29.6 Å². The van der Waals surface area contributed by atoms with Crippen molar-refractivity contribution in [2.24, 2.45) is 0 Å². The second kappa shape index (κ2) is 8.59. The molecule has 4 aromatic rings.